The molecular weight excluding hydrogens is 460 g/mol. The Bertz CT molecular complexity index is 1360. The van der Waals surface area contributed by atoms with Crippen molar-refractivity contribution in [3.05, 3.63) is 65.9 Å². The lowest BCUT2D eigenvalue weighted by Gasteiger charge is -2.35. The normalized spacial score (nSPS) is 14.1. The molecule has 5 rings (SSSR count). The fourth-order valence-electron chi connectivity index (χ4n) is 4.50. The Hall–Kier alpha value is -4.18. The van der Waals surface area contributed by atoms with Gasteiger partial charge in [0.1, 0.15) is 5.52 Å². The van der Waals surface area contributed by atoms with Crippen molar-refractivity contribution >= 4 is 17.1 Å². The molecule has 36 heavy (non-hydrogen) atoms. The van der Waals surface area contributed by atoms with Gasteiger partial charge in [0.15, 0.2) is 17.1 Å². The molecule has 10 nitrogen and oxygen atoms in total. The number of piperazine rings is 1. The third-order valence-electron chi connectivity index (χ3n) is 6.41. The van der Waals surface area contributed by atoms with Gasteiger partial charge in [0, 0.05) is 50.0 Å². The topological polar surface area (TPSA) is 94.8 Å². The zero-order valence-electron chi connectivity index (χ0n) is 20.5. The summed E-state index contributed by atoms with van der Waals surface area (Å²) < 4.78 is 18.2. The maximum absolute atomic E-state index is 13.1. The molecule has 1 aliphatic heterocycles. The Morgan fingerprint density at radius 1 is 0.889 bits per heavy atom. The molecule has 0 aliphatic carbocycles. The number of fused-ring (bicyclic) bond motifs is 1. The highest BCUT2D eigenvalue weighted by Crippen LogP contribution is 2.40. The minimum Gasteiger partial charge on any atom is -0.493 e. The van der Waals surface area contributed by atoms with Gasteiger partial charge in [-0.25, -0.2) is 4.98 Å². The number of hydrogen-bond donors (Lipinski definition) is 0. The van der Waals surface area contributed by atoms with Crippen LogP contribution in [-0.2, 0) is 6.54 Å². The van der Waals surface area contributed by atoms with E-state index in [0.29, 0.717) is 48.1 Å². The number of methoxy groups -OCH3 is 3. The number of carbonyl (C=O) groups excluding carboxylic acids is 1. The van der Waals surface area contributed by atoms with Gasteiger partial charge in [0.2, 0.25) is 5.75 Å². The monoisotopic (exact) mass is 488 g/mol. The van der Waals surface area contributed by atoms with Crippen LogP contribution >= 0.6 is 0 Å². The van der Waals surface area contributed by atoms with Crippen LogP contribution in [0.3, 0.4) is 0 Å². The van der Waals surface area contributed by atoms with Crippen LogP contribution < -0.4 is 14.2 Å². The van der Waals surface area contributed by atoms with Crippen molar-refractivity contribution in [2.75, 3.05) is 47.5 Å². The zero-order chi connectivity index (χ0) is 25.1. The van der Waals surface area contributed by atoms with Crippen LogP contribution in [0.25, 0.3) is 16.9 Å². The first-order valence-corrected chi connectivity index (χ1v) is 11.7. The molecule has 1 aliphatic rings. The van der Waals surface area contributed by atoms with E-state index in [4.69, 9.17) is 14.2 Å². The van der Waals surface area contributed by atoms with Crippen LogP contribution in [0, 0.1) is 0 Å². The van der Waals surface area contributed by atoms with Crippen molar-refractivity contribution < 1.29 is 19.0 Å². The summed E-state index contributed by atoms with van der Waals surface area (Å²) in [6.45, 7) is 3.51. The Morgan fingerprint density at radius 3 is 2.33 bits per heavy atom. The zero-order valence-corrected chi connectivity index (χ0v) is 20.5. The first-order chi connectivity index (χ1) is 17.6. The Balaban J connectivity index is 1.23. The molecule has 0 spiro atoms. The summed E-state index contributed by atoms with van der Waals surface area (Å²) >= 11 is 0. The summed E-state index contributed by atoms with van der Waals surface area (Å²) in [5.41, 5.74) is 3.87. The average Bonchev–Trinajstić information content (AvgIpc) is 3.37. The standard InChI is InChI=1S/C26H28N6O4/c1-34-22-11-8-19(23(35-2)24(22)36-3)17-30-13-15-31(16-14-30)26(33)18-6-9-20(10-7-18)32-25-21(28-29-32)5-4-12-27-25/h4-12H,13-17H2,1-3H3. The predicted molar refractivity (Wildman–Crippen MR) is 134 cm³/mol. The maximum atomic E-state index is 13.1. The Kier molecular flexibility index (Phi) is 6.68. The molecular formula is C26H28N6O4. The Labute approximate surface area is 209 Å². The predicted octanol–water partition coefficient (Wildman–Crippen LogP) is 2.80. The number of benzene rings is 2. The van der Waals surface area contributed by atoms with Crippen molar-refractivity contribution in [3.8, 4) is 22.9 Å². The Morgan fingerprint density at radius 2 is 1.64 bits per heavy atom. The number of pyridine rings is 1. The molecule has 1 amide bonds. The van der Waals surface area contributed by atoms with Gasteiger partial charge in [-0.2, -0.15) is 4.68 Å². The molecule has 1 fully saturated rings. The van der Waals surface area contributed by atoms with E-state index in [1.54, 1.807) is 32.2 Å². The summed E-state index contributed by atoms with van der Waals surface area (Å²) in [6.07, 6.45) is 1.71. The number of aromatic nitrogens is 4. The number of amides is 1. The number of ether oxygens (including phenoxy) is 3. The van der Waals surface area contributed by atoms with Gasteiger partial charge in [0.25, 0.3) is 5.91 Å². The van der Waals surface area contributed by atoms with E-state index in [1.165, 1.54) is 0 Å². The molecule has 0 radical (unpaired) electrons. The summed E-state index contributed by atoms with van der Waals surface area (Å²) in [5, 5.41) is 8.33. The highest BCUT2D eigenvalue weighted by molar-refractivity contribution is 5.94. The van der Waals surface area contributed by atoms with Gasteiger partial charge in [-0.1, -0.05) is 11.3 Å². The van der Waals surface area contributed by atoms with Crippen LogP contribution in [0.5, 0.6) is 17.2 Å². The van der Waals surface area contributed by atoms with Crippen LogP contribution in [-0.4, -0.2) is 83.2 Å². The van der Waals surface area contributed by atoms with Gasteiger partial charge >= 0.3 is 0 Å². The quantitative estimate of drug-likeness (QED) is 0.392. The summed E-state index contributed by atoms with van der Waals surface area (Å²) in [7, 11) is 4.84. The van der Waals surface area contributed by atoms with Crippen molar-refractivity contribution in [2.24, 2.45) is 0 Å². The minimum absolute atomic E-state index is 0.0199. The highest BCUT2D eigenvalue weighted by Gasteiger charge is 2.24. The smallest absolute Gasteiger partial charge is 0.253 e. The van der Waals surface area contributed by atoms with Crippen molar-refractivity contribution in [3.63, 3.8) is 0 Å². The van der Waals surface area contributed by atoms with Crippen LogP contribution in [0.2, 0.25) is 0 Å². The molecule has 186 valence electrons. The summed E-state index contributed by atoms with van der Waals surface area (Å²) in [5.74, 6) is 1.91. The van der Waals surface area contributed by atoms with E-state index in [2.05, 4.69) is 20.2 Å². The van der Waals surface area contributed by atoms with Crippen molar-refractivity contribution in [1.82, 2.24) is 29.8 Å². The van der Waals surface area contributed by atoms with Gasteiger partial charge in [-0.3, -0.25) is 9.69 Å². The third-order valence-corrected chi connectivity index (χ3v) is 6.41. The number of hydrogen-bond acceptors (Lipinski definition) is 8. The molecule has 0 N–H and O–H groups in total. The average molecular weight is 489 g/mol. The summed E-state index contributed by atoms with van der Waals surface area (Å²) in [6, 6.07) is 15.0. The fraction of sp³-hybridized carbons (Fsp3) is 0.308. The van der Waals surface area contributed by atoms with E-state index in [1.807, 2.05) is 53.4 Å². The molecule has 2 aromatic carbocycles. The molecule has 0 atom stereocenters. The van der Waals surface area contributed by atoms with Crippen molar-refractivity contribution in [1.29, 1.82) is 0 Å². The lowest BCUT2D eigenvalue weighted by molar-refractivity contribution is 0.0627. The molecule has 0 bridgehead atoms. The van der Waals surface area contributed by atoms with Crippen molar-refractivity contribution in [2.45, 2.75) is 6.54 Å². The lowest BCUT2D eigenvalue weighted by atomic mass is 10.1. The number of rotatable bonds is 7. The first kappa shape index (κ1) is 23.6. The SMILES string of the molecule is COc1ccc(CN2CCN(C(=O)c3ccc(-n4nnc5cccnc54)cc3)CC2)c(OC)c1OC. The van der Waals surface area contributed by atoms with Crippen LogP contribution in [0.1, 0.15) is 15.9 Å². The molecule has 0 saturated carbocycles. The second kappa shape index (κ2) is 10.2. The molecule has 10 heteroatoms. The maximum Gasteiger partial charge on any atom is 0.253 e. The van der Waals surface area contributed by atoms with Gasteiger partial charge in [0.05, 0.1) is 27.0 Å². The van der Waals surface area contributed by atoms with E-state index < -0.39 is 0 Å². The molecule has 1 saturated heterocycles. The molecule has 2 aromatic heterocycles. The minimum atomic E-state index is 0.0199. The van der Waals surface area contributed by atoms with Gasteiger partial charge in [-0.15, -0.1) is 5.10 Å². The van der Waals surface area contributed by atoms with E-state index >= 15 is 0 Å². The largest absolute Gasteiger partial charge is 0.493 e. The second-order valence-corrected chi connectivity index (χ2v) is 8.46. The van der Waals surface area contributed by atoms with Crippen LogP contribution in [0.4, 0.5) is 0 Å². The van der Waals surface area contributed by atoms with E-state index in [9.17, 15) is 4.79 Å². The third kappa shape index (κ3) is 4.42. The lowest BCUT2D eigenvalue weighted by Crippen LogP contribution is -2.48. The first-order valence-electron chi connectivity index (χ1n) is 11.7. The van der Waals surface area contributed by atoms with E-state index in [0.717, 1.165) is 29.9 Å². The van der Waals surface area contributed by atoms with Gasteiger partial charge < -0.3 is 19.1 Å². The molecule has 3 heterocycles. The second-order valence-electron chi connectivity index (χ2n) is 8.46. The van der Waals surface area contributed by atoms with Crippen LogP contribution in [0.15, 0.2) is 54.7 Å². The summed E-state index contributed by atoms with van der Waals surface area (Å²) in [4.78, 5) is 21.7. The highest BCUT2D eigenvalue weighted by atomic mass is 16.5. The molecule has 4 aromatic rings. The van der Waals surface area contributed by atoms with Gasteiger partial charge in [-0.05, 0) is 42.5 Å². The number of carbonyl (C=O) groups is 1. The number of nitrogens with zero attached hydrogens (tertiary/aromatic N) is 6. The fourth-order valence-corrected chi connectivity index (χ4v) is 4.50. The molecule has 0 unspecified atom stereocenters. The van der Waals surface area contributed by atoms with E-state index in [-0.39, 0.29) is 5.91 Å².